The van der Waals surface area contributed by atoms with Crippen molar-refractivity contribution in [2.24, 2.45) is 10.8 Å². The molecule has 1 N–H and O–H groups in total. The van der Waals surface area contributed by atoms with Crippen LogP contribution in [-0.2, 0) is 0 Å². The molecular weight excluding hydrogens is 244 g/mol. The lowest BCUT2D eigenvalue weighted by Crippen LogP contribution is -2.11. The topological polar surface area (TPSA) is 50.7 Å². The van der Waals surface area contributed by atoms with E-state index < -0.39 is 0 Å². The van der Waals surface area contributed by atoms with Gasteiger partial charge in [0, 0.05) is 6.04 Å². The summed E-state index contributed by atoms with van der Waals surface area (Å²) in [6.07, 6.45) is 1.62. The lowest BCUT2D eigenvalue weighted by atomic mass is 10.0. The molecule has 18 heavy (non-hydrogen) atoms. The molecule has 4 nitrogen and oxygen atoms in total. The van der Waals surface area contributed by atoms with Gasteiger partial charge in [0.25, 0.3) is 0 Å². The summed E-state index contributed by atoms with van der Waals surface area (Å²) in [6, 6.07) is 0.447. The van der Waals surface area contributed by atoms with Crippen molar-refractivity contribution in [3.8, 4) is 0 Å². The van der Waals surface area contributed by atoms with Crippen LogP contribution in [0.25, 0.3) is 10.2 Å². The first-order valence-corrected chi connectivity index (χ1v) is 6.96. The molecule has 5 heteroatoms. The largest absolute Gasteiger partial charge is 0.366 e. The second-order valence-corrected chi connectivity index (χ2v) is 6.94. The van der Waals surface area contributed by atoms with E-state index in [1.165, 1.54) is 11.5 Å². The lowest BCUT2D eigenvalue weighted by Gasteiger charge is -2.08. The highest BCUT2D eigenvalue weighted by Crippen LogP contribution is 2.63. The van der Waals surface area contributed by atoms with Crippen molar-refractivity contribution >= 4 is 27.6 Å². The summed E-state index contributed by atoms with van der Waals surface area (Å²) in [5.41, 5.74) is 1.60. The summed E-state index contributed by atoms with van der Waals surface area (Å²) >= 11 is 1.43. The molecule has 2 heterocycles. The maximum atomic E-state index is 4.40. The SMILES string of the molecule is Cc1nsc2ncnc(NC3C(C)(C)C3(C)C)c12. The summed E-state index contributed by atoms with van der Waals surface area (Å²) in [4.78, 5) is 9.62. The highest BCUT2D eigenvalue weighted by atomic mass is 32.1. The summed E-state index contributed by atoms with van der Waals surface area (Å²) in [7, 11) is 0. The Balaban J connectivity index is 2.00. The Bertz CT molecular complexity index is 600. The van der Waals surface area contributed by atoms with E-state index in [0.29, 0.717) is 16.9 Å². The number of aromatic nitrogens is 3. The summed E-state index contributed by atoms with van der Waals surface area (Å²) in [5, 5.41) is 4.65. The Morgan fingerprint density at radius 3 is 2.44 bits per heavy atom. The first-order chi connectivity index (χ1) is 8.35. The highest BCUT2D eigenvalue weighted by Gasteiger charge is 2.65. The zero-order valence-corrected chi connectivity index (χ0v) is 12.2. The van der Waals surface area contributed by atoms with Gasteiger partial charge < -0.3 is 5.32 Å². The Morgan fingerprint density at radius 1 is 1.17 bits per heavy atom. The van der Waals surface area contributed by atoms with Crippen LogP contribution in [0.4, 0.5) is 5.82 Å². The fourth-order valence-electron chi connectivity index (χ4n) is 2.73. The molecule has 0 unspecified atom stereocenters. The third kappa shape index (κ3) is 1.40. The van der Waals surface area contributed by atoms with Gasteiger partial charge in [-0.25, -0.2) is 9.97 Å². The number of nitrogens with one attached hydrogen (secondary N) is 1. The number of aryl methyl sites for hydroxylation is 1. The van der Waals surface area contributed by atoms with Gasteiger partial charge in [0.15, 0.2) is 0 Å². The average Bonchev–Trinajstić information content (AvgIpc) is 2.65. The van der Waals surface area contributed by atoms with Gasteiger partial charge in [-0.1, -0.05) is 27.7 Å². The molecule has 0 bridgehead atoms. The first-order valence-electron chi connectivity index (χ1n) is 6.19. The normalized spacial score (nSPS) is 21.2. The molecule has 1 saturated carbocycles. The predicted octanol–water partition coefficient (Wildman–Crippen LogP) is 3.24. The van der Waals surface area contributed by atoms with E-state index in [0.717, 1.165) is 21.7 Å². The zero-order chi connectivity index (χ0) is 13.1. The molecule has 3 rings (SSSR count). The molecule has 1 fully saturated rings. The number of hydrogen-bond acceptors (Lipinski definition) is 5. The smallest absolute Gasteiger partial charge is 0.149 e. The molecule has 2 aromatic heterocycles. The van der Waals surface area contributed by atoms with Crippen LogP contribution in [-0.4, -0.2) is 20.4 Å². The van der Waals surface area contributed by atoms with E-state index in [9.17, 15) is 0 Å². The van der Waals surface area contributed by atoms with Crippen LogP contribution in [0, 0.1) is 17.8 Å². The van der Waals surface area contributed by atoms with E-state index in [-0.39, 0.29) is 0 Å². The van der Waals surface area contributed by atoms with Gasteiger partial charge in [-0.3, -0.25) is 0 Å². The molecule has 0 amide bonds. The number of hydrogen-bond donors (Lipinski definition) is 1. The molecular formula is C13H18N4S. The minimum absolute atomic E-state index is 0.293. The van der Waals surface area contributed by atoms with Crippen molar-refractivity contribution in [3.05, 3.63) is 12.0 Å². The maximum absolute atomic E-state index is 4.40. The van der Waals surface area contributed by atoms with Crippen LogP contribution < -0.4 is 5.32 Å². The Hall–Kier alpha value is -1.23. The molecule has 0 spiro atoms. The minimum Gasteiger partial charge on any atom is -0.366 e. The summed E-state index contributed by atoms with van der Waals surface area (Å²) in [5.74, 6) is 0.926. The van der Waals surface area contributed by atoms with Crippen LogP contribution in [0.1, 0.15) is 33.4 Å². The number of fused-ring (bicyclic) bond motifs is 1. The molecule has 0 aromatic carbocycles. The Morgan fingerprint density at radius 2 is 1.83 bits per heavy atom. The zero-order valence-electron chi connectivity index (χ0n) is 11.4. The molecule has 96 valence electrons. The quantitative estimate of drug-likeness (QED) is 0.902. The van der Waals surface area contributed by atoms with Crippen molar-refractivity contribution in [2.45, 2.75) is 40.7 Å². The first kappa shape index (κ1) is 11.8. The van der Waals surface area contributed by atoms with Crippen molar-refractivity contribution in [1.29, 1.82) is 0 Å². The van der Waals surface area contributed by atoms with Crippen LogP contribution in [0.5, 0.6) is 0 Å². The van der Waals surface area contributed by atoms with Gasteiger partial charge in [-0.2, -0.15) is 4.37 Å². The average molecular weight is 262 g/mol. The number of nitrogens with zero attached hydrogens (tertiary/aromatic N) is 3. The summed E-state index contributed by atoms with van der Waals surface area (Å²) < 4.78 is 4.36. The second kappa shape index (κ2) is 3.41. The van der Waals surface area contributed by atoms with Gasteiger partial charge in [-0.05, 0) is 29.3 Å². The third-order valence-electron chi connectivity index (χ3n) is 4.75. The van der Waals surface area contributed by atoms with Gasteiger partial charge >= 0.3 is 0 Å². The number of rotatable bonds is 2. The minimum atomic E-state index is 0.293. The Kier molecular flexibility index (Phi) is 2.24. The van der Waals surface area contributed by atoms with Gasteiger partial charge in [0.1, 0.15) is 17.0 Å². The molecule has 0 aliphatic heterocycles. The molecule has 2 aromatic rings. The lowest BCUT2D eigenvalue weighted by molar-refractivity contribution is 0.457. The van der Waals surface area contributed by atoms with Crippen molar-refractivity contribution in [3.63, 3.8) is 0 Å². The summed E-state index contributed by atoms with van der Waals surface area (Å²) in [6.45, 7) is 11.2. The number of anilines is 1. The standard InChI is InChI=1S/C13H18N4S/c1-7-8-9(14-6-15-10(8)18-17-7)16-11-12(2,3)13(11,4)5/h6,11H,1-5H3,(H,14,15,16). The van der Waals surface area contributed by atoms with E-state index in [2.05, 4.69) is 47.4 Å². The van der Waals surface area contributed by atoms with Gasteiger partial charge in [-0.15, -0.1) is 0 Å². The third-order valence-corrected chi connectivity index (χ3v) is 5.59. The Labute approximate surface area is 111 Å². The molecule has 0 saturated heterocycles. The molecule has 0 atom stereocenters. The van der Waals surface area contributed by atoms with Crippen molar-refractivity contribution < 1.29 is 0 Å². The van der Waals surface area contributed by atoms with Gasteiger partial charge in [0.2, 0.25) is 0 Å². The van der Waals surface area contributed by atoms with Crippen LogP contribution in [0.2, 0.25) is 0 Å². The predicted molar refractivity (Wildman–Crippen MR) is 74.9 cm³/mol. The fraction of sp³-hybridized carbons (Fsp3) is 0.615. The van der Waals surface area contributed by atoms with Crippen LogP contribution >= 0.6 is 11.5 Å². The molecule has 0 radical (unpaired) electrons. The maximum Gasteiger partial charge on any atom is 0.149 e. The second-order valence-electron chi connectivity index (χ2n) is 6.19. The van der Waals surface area contributed by atoms with E-state index in [4.69, 9.17) is 0 Å². The van der Waals surface area contributed by atoms with E-state index >= 15 is 0 Å². The van der Waals surface area contributed by atoms with Crippen molar-refractivity contribution in [1.82, 2.24) is 14.3 Å². The van der Waals surface area contributed by atoms with Crippen LogP contribution in [0.15, 0.2) is 6.33 Å². The molecule has 1 aliphatic carbocycles. The van der Waals surface area contributed by atoms with E-state index in [1.54, 1.807) is 6.33 Å². The van der Waals surface area contributed by atoms with Crippen LogP contribution in [0.3, 0.4) is 0 Å². The fourth-order valence-corrected chi connectivity index (χ4v) is 3.47. The monoisotopic (exact) mass is 262 g/mol. The van der Waals surface area contributed by atoms with Gasteiger partial charge in [0.05, 0.1) is 11.1 Å². The molecule has 1 aliphatic rings. The van der Waals surface area contributed by atoms with Crippen molar-refractivity contribution in [2.75, 3.05) is 5.32 Å². The highest BCUT2D eigenvalue weighted by molar-refractivity contribution is 7.13. The van der Waals surface area contributed by atoms with E-state index in [1.807, 2.05) is 6.92 Å².